The maximum absolute atomic E-state index is 11.8. The number of carboxylic acids is 4. The molecule has 0 spiro atoms. The summed E-state index contributed by atoms with van der Waals surface area (Å²) in [6.07, 6.45) is 4.01. The van der Waals surface area contributed by atoms with Crippen LogP contribution < -0.4 is 0 Å². The van der Waals surface area contributed by atoms with Crippen LogP contribution in [0.5, 0.6) is 0 Å². The number of carbonyl (C=O) groups is 4. The topological polar surface area (TPSA) is 158 Å². The molecule has 2 aliphatic carbocycles. The summed E-state index contributed by atoms with van der Waals surface area (Å²) in [5.41, 5.74) is 0. The zero-order valence-electron chi connectivity index (χ0n) is 18.1. The van der Waals surface area contributed by atoms with Gasteiger partial charge in [0.25, 0.3) is 0 Å². The average Bonchev–Trinajstić information content (AvgIpc) is 2.65. The van der Waals surface area contributed by atoms with Crippen molar-refractivity contribution in [3.63, 3.8) is 0 Å². The normalized spacial score (nSPS) is 28.6. The van der Waals surface area contributed by atoms with Crippen molar-refractivity contribution < 1.29 is 43.7 Å². The lowest BCUT2D eigenvalue weighted by molar-refractivity contribution is -0.152. The predicted molar refractivity (Wildman–Crippen MR) is 115 cm³/mol. The standard InChI is InChI=1S/C20H30O9Si2/c1-30(2,3)29-31(4,11-5-7-13(17(21)22)15(9-11)19(25)26)12-6-8-14(18(23)24)16(10-12)20(27)28/h9-10,13-16H,5-8H2,1-4H3,(H,21,22)(H,23,24)(H,25,26)(H,27,28). The molecule has 0 heterocycles. The molecule has 4 atom stereocenters. The van der Waals surface area contributed by atoms with Crippen LogP contribution in [0.4, 0.5) is 0 Å². The molecule has 0 aromatic rings. The molecule has 0 saturated carbocycles. The van der Waals surface area contributed by atoms with E-state index in [1.54, 1.807) is 0 Å². The minimum absolute atomic E-state index is 0.156. The van der Waals surface area contributed by atoms with Crippen LogP contribution in [0.2, 0.25) is 26.2 Å². The predicted octanol–water partition coefficient (Wildman–Crippen LogP) is 2.74. The second-order valence-corrected chi connectivity index (χ2v) is 17.7. The van der Waals surface area contributed by atoms with Gasteiger partial charge in [-0.3, -0.25) is 19.2 Å². The van der Waals surface area contributed by atoms with Gasteiger partial charge in [-0.1, -0.05) is 22.5 Å². The van der Waals surface area contributed by atoms with Crippen LogP contribution >= 0.6 is 0 Å². The molecule has 0 aromatic heterocycles. The number of allylic oxidation sites excluding steroid dienone is 2. The van der Waals surface area contributed by atoms with Crippen LogP contribution in [0.3, 0.4) is 0 Å². The van der Waals surface area contributed by atoms with Gasteiger partial charge in [0.2, 0.25) is 8.32 Å². The number of hydrogen-bond acceptors (Lipinski definition) is 5. The summed E-state index contributed by atoms with van der Waals surface area (Å²) in [5.74, 6) is -9.21. The van der Waals surface area contributed by atoms with Gasteiger partial charge >= 0.3 is 23.9 Å². The summed E-state index contributed by atoms with van der Waals surface area (Å²) < 4.78 is 6.61. The Bertz CT molecular complexity index is 782. The highest BCUT2D eigenvalue weighted by Gasteiger charge is 2.48. The van der Waals surface area contributed by atoms with E-state index in [1.807, 2.05) is 26.2 Å². The molecule has 4 unspecified atom stereocenters. The van der Waals surface area contributed by atoms with E-state index in [2.05, 4.69) is 0 Å². The summed E-state index contributed by atoms with van der Waals surface area (Å²) in [6, 6.07) is 0. The SMILES string of the molecule is C[Si](C)(C)O[Si](C)(C1=CC(C(=O)O)C(C(=O)O)CC1)C1=CC(C(=O)O)C(C(=O)O)CC1. The highest BCUT2D eigenvalue weighted by atomic mass is 28.4. The van der Waals surface area contributed by atoms with Crippen LogP contribution in [0.25, 0.3) is 0 Å². The van der Waals surface area contributed by atoms with E-state index < -0.39 is 64.2 Å². The zero-order chi connectivity index (χ0) is 23.7. The smallest absolute Gasteiger partial charge is 0.311 e. The van der Waals surface area contributed by atoms with E-state index in [0.29, 0.717) is 12.8 Å². The first-order valence-electron chi connectivity index (χ1n) is 10.2. The Labute approximate surface area is 182 Å². The van der Waals surface area contributed by atoms with Crippen LogP contribution in [0.1, 0.15) is 25.7 Å². The summed E-state index contributed by atoms with van der Waals surface area (Å²) in [7, 11) is -5.20. The zero-order valence-corrected chi connectivity index (χ0v) is 20.1. The Morgan fingerprint density at radius 2 is 1.10 bits per heavy atom. The Hall–Kier alpha value is -2.25. The highest BCUT2D eigenvalue weighted by molar-refractivity contribution is 6.93. The molecule has 2 aliphatic rings. The molecule has 0 aliphatic heterocycles. The van der Waals surface area contributed by atoms with Gasteiger partial charge in [-0.15, -0.1) is 0 Å². The Kier molecular flexibility index (Phi) is 7.33. The lowest BCUT2D eigenvalue weighted by Gasteiger charge is -2.42. The van der Waals surface area contributed by atoms with Crippen molar-refractivity contribution in [1.29, 1.82) is 0 Å². The van der Waals surface area contributed by atoms with Crippen LogP contribution in [0.15, 0.2) is 22.5 Å². The minimum atomic E-state index is -3.02. The molecule has 2 rings (SSSR count). The minimum Gasteiger partial charge on any atom is -0.481 e. The third-order valence-corrected chi connectivity index (χ3v) is 13.4. The molecule has 31 heavy (non-hydrogen) atoms. The van der Waals surface area contributed by atoms with E-state index >= 15 is 0 Å². The number of hydrogen-bond donors (Lipinski definition) is 4. The fourth-order valence-corrected chi connectivity index (χ4v) is 13.2. The quantitative estimate of drug-likeness (QED) is 0.391. The third-order valence-electron chi connectivity index (χ3n) is 6.02. The van der Waals surface area contributed by atoms with Crippen molar-refractivity contribution in [2.45, 2.75) is 51.9 Å². The summed E-state index contributed by atoms with van der Waals surface area (Å²) >= 11 is 0. The molecule has 0 saturated heterocycles. The maximum Gasteiger partial charge on any atom is 0.311 e. The molecule has 0 fully saturated rings. The fraction of sp³-hybridized carbons (Fsp3) is 0.600. The lowest BCUT2D eigenvalue weighted by atomic mass is 9.83. The van der Waals surface area contributed by atoms with E-state index in [9.17, 15) is 39.6 Å². The van der Waals surface area contributed by atoms with E-state index in [0.717, 1.165) is 10.4 Å². The molecular weight excluding hydrogens is 440 g/mol. The van der Waals surface area contributed by atoms with Crippen molar-refractivity contribution in [3.8, 4) is 0 Å². The molecule has 172 valence electrons. The number of aliphatic carboxylic acids is 4. The fourth-order valence-electron chi connectivity index (χ4n) is 4.60. The van der Waals surface area contributed by atoms with Crippen LogP contribution in [-0.2, 0) is 23.3 Å². The van der Waals surface area contributed by atoms with Crippen molar-refractivity contribution in [2.24, 2.45) is 23.7 Å². The van der Waals surface area contributed by atoms with Crippen molar-refractivity contribution in [3.05, 3.63) is 22.5 Å². The second-order valence-electron chi connectivity index (χ2n) is 9.33. The molecule has 9 nitrogen and oxygen atoms in total. The molecule has 4 N–H and O–H groups in total. The molecule has 0 aromatic carbocycles. The van der Waals surface area contributed by atoms with Crippen molar-refractivity contribution >= 4 is 40.5 Å². The first kappa shape index (κ1) is 25.0. The monoisotopic (exact) mass is 470 g/mol. The van der Waals surface area contributed by atoms with E-state index in [-0.39, 0.29) is 12.8 Å². The highest BCUT2D eigenvalue weighted by Crippen LogP contribution is 2.43. The van der Waals surface area contributed by atoms with Gasteiger partial charge in [-0.25, -0.2) is 0 Å². The van der Waals surface area contributed by atoms with Gasteiger partial charge in [0.1, 0.15) is 0 Å². The van der Waals surface area contributed by atoms with Gasteiger partial charge in [0, 0.05) is 0 Å². The van der Waals surface area contributed by atoms with Crippen LogP contribution in [0, 0.1) is 23.7 Å². The van der Waals surface area contributed by atoms with Crippen molar-refractivity contribution in [2.75, 3.05) is 0 Å². The van der Waals surface area contributed by atoms with E-state index in [1.165, 1.54) is 12.2 Å². The summed E-state index contributed by atoms with van der Waals surface area (Å²) in [4.78, 5) is 46.6. The third kappa shape index (κ3) is 5.52. The molecule has 0 radical (unpaired) electrons. The molecule has 0 bridgehead atoms. The first-order valence-corrected chi connectivity index (χ1v) is 16.0. The average molecular weight is 471 g/mol. The number of carboxylic acid groups (broad SMARTS) is 4. The van der Waals surface area contributed by atoms with Gasteiger partial charge in [-0.2, -0.15) is 0 Å². The van der Waals surface area contributed by atoms with E-state index in [4.69, 9.17) is 4.12 Å². The Balaban J connectivity index is 2.60. The molecular formula is C20H30O9Si2. The van der Waals surface area contributed by atoms with Gasteiger partial charge < -0.3 is 24.5 Å². The maximum atomic E-state index is 11.8. The van der Waals surface area contributed by atoms with Gasteiger partial charge in [0.15, 0.2) is 8.32 Å². The number of rotatable bonds is 8. The van der Waals surface area contributed by atoms with Gasteiger partial charge in [0.05, 0.1) is 23.7 Å². The Morgan fingerprint density at radius 3 is 1.35 bits per heavy atom. The van der Waals surface area contributed by atoms with Gasteiger partial charge in [-0.05, 0) is 51.9 Å². The second kappa shape index (κ2) is 9.09. The largest absolute Gasteiger partial charge is 0.481 e. The summed E-state index contributed by atoms with van der Waals surface area (Å²) in [5, 5.41) is 39.5. The summed E-state index contributed by atoms with van der Waals surface area (Å²) in [6.45, 7) is 7.83. The van der Waals surface area contributed by atoms with Crippen LogP contribution in [-0.4, -0.2) is 60.9 Å². The molecule has 11 heteroatoms. The lowest BCUT2D eigenvalue weighted by Crippen LogP contribution is -2.51. The molecule has 0 amide bonds. The van der Waals surface area contributed by atoms with Crippen molar-refractivity contribution in [1.82, 2.24) is 0 Å². The Morgan fingerprint density at radius 1 is 0.742 bits per heavy atom. The first-order chi connectivity index (χ1) is 14.2.